The summed E-state index contributed by atoms with van der Waals surface area (Å²) < 4.78 is 0. The van der Waals surface area contributed by atoms with Crippen LogP contribution >= 0.6 is 0 Å². The van der Waals surface area contributed by atoms with Crippen LogP contribution in [0.5, 0.6) is 0 Å². The maximum absolute atomic E-state index is 12.2. The second-order valence-corrected chi connectivity index (χ2v) is 6.86. The highest BCUT2D eigenvalue weighted by molar-refractivity contribution is 5.86. The van der Waals surface area contributed by atoms with Crippen LogP contribution in [0.1, 0.15) is 34.1 Å². The third kappa shape index (κ3) is 5.53. The minimum Gasteiger partial charge on any atom is -0.393 e. The molecule has 1 rings (SSSR count). The molecule has 0 saturated carbocycles. The van der Waals surface area contributed by atoms with Gasteiger partial charge in [0, 0.05) is 5.92 Å². The third-order valence-electron chi connectivity index (χ3n) is 4.63. The summed E-state index contributed by atoms with van der Waals surface area (Å²) in [5.41, 5.74) is 0. The van der Waals surface area contributed by atoms with Crippen molar-refractivity contribution in [1.29, 1.82) is 0 Å². The van der Waals surface area contributed by atoms with E-state index in [0.717, 1.165) is 6.42 Å². The van der Waals surface area contributed by atoms with Crippen LogP contribution < -0.4 is 0 Å². The van der Waals surface area contributed by atoms with Crippen molar-refractivity contribution in [3.05, 3.63) is 24.3 Å². The van der Waals surface area contributed by atoms with Gasteiger partial charge in [0.1, 0.15) is 6.10 Å². The van der Waals surface area contributed by atoms with Crippen LogP contribution in [0.2, 0.25) is 0 Å². The predicted molar refractivity (Wildman–Crippen MR) is 88.6 cm³/mol. The standard InChI is InChI=1S/C18H30O5/c1-10(9-11(2)12(3)19)5-6-14-7-8-15(21)18(23)16(14)17(22)13(4)20/h5-8,10-16,18-21,23H,9H2,1-4H3/b6-5+/t10-,11+,12?,13?,14+,15+,16+,18-/m0/s1. The van der Waals surface area contributed by atoms with E-state index in [9.17, 15) is 25.2 Å². The molecule has 23 heavy (non-hydrogen) atoms. The fraction of sp³-hybridized carbons (Fsp3) is 0.722. The number of aliphatic hydroxyl groups excluding tert-OH is 4. The lowest BCUT2D eigenvalue weighted by Gasteiger charge is -2.33. The van der Waals surface area contributed by atoms with Gasteiger partial charge in [-0.3, -0.25) is 4.79 Å². The van der Waals surface area contributed by atoms with Gasteiger partial charge in [-0.25, -0.2) is 0 Å². The van der Waals surface area contributed by atoms with Gasteiger partial charge in [0.2, 0.25) is 0 Å². The molecule has 2 unspecified atom stereocenters. The van der Waals surface area contributed by atoms with Gasteiger partial charge in [-0.2, -0.15) is 0 Å². The molecule has 4 N–H and O–H groups in total. The van der Waals surface area contributed by atoms with E-state index >= 15 is 0 Å². The molecule has 0 saturated heterocycles. The van der Waals surface area contributed by atoms with Crippen LogP contribution in [0.4, 0.5) is 0 Å². The second-order valence-electron chi connectivity index (χ2n) is 6.86. The molecule has 0 aromatic heterocycles. The summed E-state index contributed by atoms with van der Waals surface area (Å²) in [6.45, 7) is 7.14. The number of hydrogen-bond donors (Lipinski definition) is 4. The number of aliphatic hydroxyl groups is 4. The smallest absolute Gasteiger partial charge is 0.167 e. The van der Waals surface area contributed by atoms with Gasteiger partial charge >= 0.3 is 0 Å². The van der Waals surface area contributed by atoms with Gasteiger partial charge in [-0.15, -0.1) is 0 Å². The fourth-order valence-corrected chi connectivity index (χ4v) is 2.92. The number of ketones is 1. The molecule has 132 valence electrons. The number of Topliss-reactive ketones (excluding diaryl/α,β-unsaturated/α-hetero) is 1. The monoisotopic (exact) mass is 326 g/mol. The van der Waals surface area contributed by atoms with Gasteiger partial charge < -0.3 is 20.4 Å². The Morgan fingerprint density at radius 2 is 1.74 bits per heavy atom. The average Bonchev–Trinajstić information content (AvgIpc) is 2.47. The van der Waals surface area contributed by atoms with Crippen LogP contribution in [0.25, 0.3) is 0 Å². The van der Waals surface area contributed by atoms with Crippen LogP contribution in [-0.2, 0) is 4.79 Å². The maximum atomic E-state index is 12.2. The van der Waals surface area contributed by atoms with Crippen molar-refractivity contribution in [1.82, 2.24) is 0 Å². The molecule has 8 atom stereocenters. The van der Waals surface area contributed by atoms with E-state index in [-0.39, 0.29) is 23.9 Å². The SMILES string of the molecule is CC(O)C(=O)[C@@H]1[C@@H](O)[C@H](O)C=C[C@H]1/C=C/[C@H](C)C[C@@H](C)C(C)O. The Balaban J connectivity index is 2.84. The van der Waals surface area contributed by atoms with Crippen LogP contribution in [0.15, 0.2) is 24.3 Å². The number of allylic oxidation sites excluding steroid dienone is 3. The number of carbonyl (C=O) groups excluding carboxylic acids is 1. The number of carbonyl (C=O) groups is 1. The molecule has 1 aliphatic rings. The first-order valence-corrected chi connectivity index (χ1v) is 8.27. The molecule has 0 aliphatic heterocycles. The normalized spacial score (nSPS) is 33.4. The van der Waals surface area contributed by atoms with Gasteiger partial charge in [0.15, 0.2) is 5.78 Å². The van der Waals surface area contributed by atoms with Gasteiger partial charge in [0.05, 0.1) is 24.2 Å². The largest absolute Gasteiger partial charge is 0.393 e. The molecule has 0 bridgehead atoms. The zero-order valence-corrected chi connectivity index (χ0v) is 14.3. The molecule has 0 aromatic rings. The molecular weight excluding hydrogens is 296 g/mol. The van der Waals surface area contributed by atoms with E-state index < -0.39 is 30.0 Å². The Morgan fingerprint density at radius 1 is 1.13 bits per heavy atom. The summed E-state index contributed by atoms with van der Waals surface area (Å²) in [5, 5.41) is 38.9. The molecule has 0 fully saturated rings. The zero-order chi connectivity index (χ0) is 17.7. The summed E-state index contributed by atoms with van der Waals surface area (Å²) in [6, 6.07) is 0. The Bertz CT molecular complexity index is 441. The highest BCUT2D eigenvalue weighted by Crippen LogP contribution is 2.29. The molecular formula is C18H30O5. The van der Waals surface area contributed by atoms with E-state index in [1.165, 1.54) is 13.0 Å². The van der Waals surface area contributed by atoms with Crippen LogP contribution in [-0.4, -0.2) is 50.6 Å². The van der Waals surface area contributed by atoms with E-state index in [4.69, 9.17) is 0 Å². The highest BCUT2D eigenvalue weighted by atomic mass is 16.3. The third-order valence-corrected chi connectivity index (χ3v) is 4.63. The Kier molecular flexibility index (Phi) is 7.61. The molecule has 0 heterocycles. The second kappa shape index (κ2) is 8.73. The predicted octanol–water partition coefficient (Wildman–Crippen LogP) is 1.06. The van der Waals surface area contributed by atoms with E-state index in [0.29, 0.717) is 0 Å². The molecule has 0 spiro atoms. The van der Waals surface area contributed by atoms with Crippen molar-refractivity contribution in [2.45, 2.75) is 58.5 Å². The minimum absolute atomic E-state index is 0.166. The van der Waals surface area contributed by atoms with Crippen molar-refractivity contribution in [2.24, 2.45) is 23.7 Å². The topological polar surface area (TPSA) is 98.0 Å². The van der Waals surface area contributed by atoms with E-state index in [1.807, 2.05) is 26.0 Å². The summed E-state index contributed by atoms with van der Waals surface area (Å²) in [6.07, 6.45) is 3.92. The van der Waals surface area contributed by atoms with Gasteiger partial charge in [-0.1, -0.05) is 38.2 Å². The maximum Gasteiger partial charge on any atom is 0.167 e. The van der Waals surface area contributed by atoms with Crippen molar-refractivity contribution in [3.8, 4) is 0 Å². The lowest BCUT2D eigenvalue weighted by molar-refractivity contribution is -0.138. The Labute approximate surface area is 138 Å². The zero-order valence-electron chi connectivity index (χ0n) is 14.3. The molecule has 0 radical (unpaired) electrons. The minimum atomic E-state index is -1.22. The summed E-state index contributed by atoms with van der Waals surface area (Å²) in [5.74, 6) is -1.31. The van der Waals surface area contributed by atoms with Crippen molar-refractivity contribution in [3.63, 3.8) is 0 Å². The van der Waals surface area contributed by atoms with Crippen molar-refractivity contribution < 1.29 is 25.2 Å². The van der Waals surface area contributed by atoms with Gasteiger partial charge in [0.25, 0.3) is 0 Å². The average molecular weight is 326 g/mol. The fourth-order valence-electron chi connectivity index (χ4n) is 2.92. The molecule has 1 aliphatic carbocycles. The first kappa shape index (κ1) is 20.0. The number of hydrogen-bond acceptors (Lipinski definition) is 5. The molecule has 5 nitrogen and oxygen atoms in total. The Hall–Kier alpha value is -1.01. The number of rotatable bonds is 7. The first-order valence-electron chi connectivity index (χ1n) is 8.27. The van der Waals surface area contributed by atoms with Crippen molar-refractivity contribution in [2.75, 3.05) is 0 Å². The van der Waals surface area contributed by atoms with Crippen LogP contribution in [0, 0.1) is 23.7 Å². The molecule has 0 aromatic carbocycles. The molecule has 0 amide bonds. The van der Waals surface area contributed by atoms with Crippen LogP contribution in [0.3, 0.4) is 0 Å². The van der Waals surface area contributed by atoms with E-state index in [1.54, 1.807) is 13.0 Å². The lowest BCUT2D eigenvalue weighted by Crippen LogP contribution is -2.46. The highest BCUT2D eigenvalue weighted by Gasteiger charge is 2.39. The summed E-state index contributed by atoms with van der Waals surface area (Å²) in [7, 11) is 0. The quantitative estimate of drug-likeness (QED) is 0.525. The van der Waals surface area contributed by atoms with Gasteiger partial charge in [-0.05, 0) is 32.1 Å². The molecule has 5 heteroatoms. The summed E-state index contributed by atoms with van der Waals surface area (Å²) >= 11 is 0. The first-order chi connectivity index (χ1) is 10.6. The van der Waals surface area contributed by atoms with E-state index in [2.05, 4.69) is 0 Å². The van der Waals surface area contributed by atoms with Crippen molar-refractivity contribution >= 4 is 5.78 Å². The Morgan fingerprint density at radius 3 is 2.26 bits per heavy atom. The summed E-state index contributed by atoms with van der Waals surface area (Å²) in [4.78, 5) is 12.2. The lowest BCUT2D eigenvalue weighted by atomic mass is 9.76.